The Hall–Kier alpha value is -2.59. The molecule has 26 heavy (non-hydrogen) atoms. The lowest BCUT2D eigenvalue weighted by molar-refractivity contribution is -0.139. The fraction of sp³-hybridized carbons (Fsp3) is 0.526. The molecule has 2 fully saturated rings. The summed E-state index contributed by atoms with van der Waals surface area (Å²) in [5, 5.41) is 11.4. The molecule has 2 atom stereocenters. The van der Waals surface area contributed by atoms with Crippen molar-refractivity contribution in [1.82, 2.24) is 10.2 Å². The van der Waals surface area contributed by atoms with Gasteiger partial charge in [0.1, 0.15) is 11.8 Å². The van der Waals surface area contributed by atoms with Gasteiger partial charge in [-0.2, -0.15) is 5.26 Å². The molecule has 0 radical (unpaired) electrons. The second-order valence-electron chi connectivity index (χ2n) is 6.80. The average Bonchev–Trinajstić information content (AvgIpc) is 3.07. The van der Waals surface area contributed by atoms with E-state index < -0.39 is 5.41 Å². The van der Waals surface area contributed by atoms with E-state index in [1.807, 2.05) is 12.1 Å². The molecule has 0 saturated carbocycles. The molecule has 138 valence electrons. The van der Waals surface area contributed by atoms with Crippen LogP contribution < -0.4 is 10.1 Å². The number of carbonyl (C=O) groups is 2. The summed E-state index contributed by atoms with van der Waals surface area (Å²) in [5.74, 6) is 0.584. The van der Waals surface area contributed by atoms with E-state index in [0.717, 1.165) is 5.56 Å². The van der Waals surface area contributed by atoms with Crippen LogP contribution in [0.5, 0.6) is 5.75 Å². The van der Waals surface area contributed by atoms with Gasteiger partial charge >= 0.3 is 0 Å². The van der Waals surface area contributed by atoms with Crippen LogP contribution in [0.15, 0.2) is 24.3 Å². The molecule has 0 spiro atoms. The number of hydrogen-bond acceptors (Lipinski definition) is 5. The van der Waals surface area contributed by atoms with Gasteiger partial charge in [0, 0.05) is 32.7 Å². The standard InChI is InChI=1S/C19H23N3O4/c1-21-18(24)19-5-7-25-12-15(19)11-22(13-19)17(23)10-14-3-2-4-16(9-14)26-8-6-20/h2-4,9,15H,5,7-8,10-13H2,1H3,(H,21,24)/t15-,19+/m1/s1. The van der Waals surface area contributed by atoms with Crippen LogP contribution in [-0.4, -0.2) is 56.7 Å². The SMILES string of the molecule is CNC(=O)[C@]12CCOC[C@H]1CN(C(=O)Cc1cccc(OCC#N)c1)C2. The first-order valence-electron chi connectivity index (χ1n) is 8.75. The summed E-state index contributed by atoms with van der Waals surface area (Å²) >= 11 is 0. The minimum atomic E-state index is -0.541. The molecule has 1 N–H and O–H groups in total. The number of amides is 2. The summed E-state index contributed by atoms with van der Waals surface area (Å²) in [5.41, 5.74) is 0.283. The number of rotatable bonds is 5. The number of carbonyl (C=O) groups excluding carboxylic acids is 2. The Kier molecular flexibility index (Phi) is 5.43. The van der Waals surface area contributed by atoms with Crippen molar-refractivity contribution in [2.75, 3.05) is 40.0 Å². The van der Waals surface area contributed by atoms with Crippen molar-refractivity contribution in [3.05, 3.63) is 29.8 Å². The predicted molar refractivity (Wildman–Crippen MR) is 93.3 cm³/mol. The molecule has 2 aliphatic heterocycles. The molecule has 2 amide bonds. The zero-order chi connectivity index (χ0) is 18.6. The van der Waals surface area contributed by atoms with Crippen molar-refractivity contribution in [3.63, 3.8) is 0 Å². The molecule has 7 heteroatoms. The van der Waals surface area contributed by atoms with Gasteiger partial charge in [0.15, 0.2) is 6.61 Å². The van der Waals surface area contributed by atoms with Crippen molar-refractivity contribution in [1.29, 1.82) is 5.26 Å². The summed E-state index contributed by atoms with van der Waals surface area (Å²) in [6.07, 6.45) is 0.875. The van der Waals surface area contributed by atoms with Gasteiger partial charge in [0.25, 0.3) is 0 Å². The maximum absolute atomic E-state index is 12.8. The van der Waals surface area contributed by atoms with Crippen LogP contribution in [0, 0.1) is 22.7 Å². The smallest absolute Gasteiger partial charge is 0.228 e. The highest BCUT2D eigenvalue weighted by Crippen LogP contribution is 2.42. The number of fused-ring (bicyclic) bond motifs is 1. The van der Waals surface area contributed by atoms with Gasteiger partial charge < -0.3 is 19.7 Å². The Bertz CT molecular complexity index is 730. The molecular formula is C19H23N3O4. The number of nitrogens with zero attached hydrogens (tertiary/aromatic N) is 2. The maximum atomic E-state index is 12.8. The van der Waals surface area contributed by atoms with Crippen molar-refractivity contribution >= 4 is 11.8 Å². The van der Waals surface area contributed by atoms with Gasteiger partial charge in [0.2, 0.25) is 11.8 Å². The number of benzene rings is 1. The first kappa shape index (κ1) is 18.2. The lowest BCUT2D eigenvalue weighted by atomic mass is 9.73. The number of likely N-dealkylation sites (tertiary alicyclic amines) is 1. The highest BCUT2D eigenvalue weighted by Gasteiger charge is 2.54. The summed E-state index contributed by atoms with van der Waals surface area (Å²) in [7, 11) is 1.64. The van der Waals surface area contributed by atoms with Crippen LogP contribution in [0.3, 0.4) is 0 Å². The minimum absolute atomic E-state index is 0.00648. The van der Waals surface area contributed by atoms with E-state index in [4.69, 9.17) is 14.7 Å². The zero-order valence-electron chi connectivity index (χ0n) is 14.9. The molecule has 7 nitrogen and oxygen atoms in total. The molecule has 0 unspecified atom stereocenters. The Morgan fingerprint density at radius 2 is 2.35 bits per heavy atom. The summed E-state index contributed by atoms with van der Waals surface area (Å²) in [6.45, 7) is 2.00. The number of nitrogens with one attached hydrogen (secondary N) is 1. The van der Waals surface area contributed by atoms with Crippen LogP contribution in [0.25, 0.3) is 0 Å². The van der Waals surface area contributed by atoms with Gasteiger partial charge in [-0.1, -0.05) is 12.1 Å². The quantitative estimate of drug-likeness (QED) is 0.839. The first-order chi connectivity index (χ1) is 12.6. The molecular weight excluding hydrogens is 334 g/mol. The van der Waals surface area contributed by atoms with Crippen molar-refractivity contribution in [2.24, 2.45) is 11.3 Å². The molecule has 1 aromatic rings. The summed E-state index contributed by atoms with van der Waals surface area (Å²) in [4.78, 5) is 27.1. The fourth-order valence-electron chi connectivity index (χ4n) is 3.91. The average molecular weight is 357 g/mol. The van der Waals surface area contributed by atoms with Gasteiger partial charge in [-0.3, -0.25) is 9.59 Å². The Labute approximate surface area is 152 Å². The Morgan fingerprint density at radius 1 is 1.50 bits per heavy atom. The molecule has 0 aromatic heterocycles. The van der Waals surface area contributed by atoms with Crippen LogP contribution in [0.1, 0.15) is 12.0 Å². The molecule has 0 bridgehead atoms. The third kappa shape index (κ3) is 3.51. The number of hydrogen-bond donors (Lipinski definition) is 1. The van der Waals surface area contributed by atoms with E-state index in [1.165, 1.54) is 0 Å². The largest absolute Gasteiger partial charge is 0.479 e. The van der Waals surface area contributed by atoms with Gasteiger partial charge in [-0.05, 0) is 24.1 Å². The van der Waals surface area contributed by atoms with Gasteiger partial charge in [0.05, 0.1) is 18.4 Å². The normalized spacial score (nSPS) is 24.5. The predicted octanol–water partition coefficient (Wildman–Crippen LogP) is 0.743. The molecule has 0 aliphatic carbocycles. The van der Waals surface area contributed by atoms with Crippen molar-refractivity contribution < 1.29 is 19.1 Å². The van der Waals surface area contributed by atoms with E-state index in [2.05, 4.69) is 5.32 Å². The molecule has 3 rings (SSSR count). The molecule has 1 aromatic carbocycles. The summed E-state index contributed by atoms with van der Waals surface area (Å²) in [6, 6.07) is 9.12. The van der Waals surface area contributed by atoms with Crippen molar-refractivity contribution in [2.45, 2.75) is 12.8 Å². The highest BCUT2D eigenvalue weighted by molar-refractivity contribution is 5.86. The molecule has 2 saturated heterocycles. The van der Waals surface area contributed by atoms with Crippen molar-refractivity contribution in [3.8, 4) is 11.8 Å². The zero-order valence-corrected chi connectivity index (χ0v) is 14.9. The lowest BCUT2D eigenvalue weighted by Crippen LogP contribution is -2.49. The molecule has 2 aliphatic rings. The minimum Gasteiger partial charge on any atom is -0.479 e. The van der Waals surface area contributed by atoms with E-state index >= 15 is 0 Å². The monoisotopic (exact) mass is 357 g/mol. The Balaban J connectivity index is 1.69. The van der Waals surface area contributed by atoms with E-state index in [0.29, 0.717) is 38.5 Å². The second kappa shape index (κ2) is 7.75. The third-order valence-corrected chi connectivity index (χ3v) is 5.30. The molecule has 2 heterocycles. The van der Waals surface area contributed by atoms with Crippen LogP contribution >= 0.6 is 0 Å². The van der Waals surface area contributed by atoms with Crippen LogP contribution in [0.4, 0.5) is 0 Å². The van der Waals surface area contributed by atoms with Crippen LogP contribution in [0.2, 0.25) is 0 Å². The summed E-state index contributed by atoms with van der Waals surface area (Å²) < 4.78 is 10.8. The third-order valence-electron chi connectivity index (χ3n) is 5.30. The fourth-order valence-corrected chi connectivity index (χ4v) is 3.91. The second-order valence-corrected chi connectivity index (χ2v) is 6.80. The lowest BCUT2D eigenvalue weighted by Gasteiger charge is -2.36. The van der Waals surface area contributed by atoms with E-state index in [9.17, 15) is 9.59 Å². The van der Waals surface area contributed by atoms with Gasteiger partial charge in [-0.15, -0.1) is 0 Å². The first-order valence-corrected chi connectivity index (χ1v) is 8.75. The topological polar surface area (TPSA) is 91.7 Å². The van der Waals surface area contributed by atoms with Crippen LogP contribution in [-0.2, 0) is 20.7 Å². The van der Waals surface area contributed by atoms with E-state index in [-0.39, 0.29) is 30.8 Å². The van der Waals surface area contributed by atoms with E-state index in [1.54, 1.807) is 30.1 Å². The highest BCUT2D eigenvalue weighted by atomic mass is 16.5. The number of ether oxygens (including phenoxy) is 2. The Morgan fingerprint density at radius 3 is 3.12 bits per heavy atom. The maximum Gasteiger partial charge on any atom is 0.228 e. The number of nitriles is 1. The van der Waals surface area contributed by atoms with Gasteiger partial charge in [-0.25, -0.2) is 0 Å².